The Hall–Kier alpha value is -3.13. The van der Waals surface area contributed by atoms with Gasteiger partial charge in [-0.15, -0.1) is 0 Å². The molecule has 0 saturated carbocycles. The van der Waals surface area contributed by atoms with Crippen molar-refractivity contribution < 1.29 is 0 Å². The molecule has 0 fully saturated rings. The van der Waals surface area contributed by atoms with Gasteiger partial charge in [0.1, 0.15) is 11.9 Å². The minimum Gasteiger partial charge on any atom is -0.384 e. The third-order valence-corrected chi connectivity index (χ3v) is 3.00. The summed E-state index contributed by atoms with van der Waals surface area (Å²) >= 11 is 0. The minimum atomic E-state index is 0.448. The standard InChI is InChI=1S/C15H11N5/c16-8-12-3-1-2-4-13(12)20-10-18-9-14(20)11-5-6-19-15(17)7-11/h1-7,9-10H,(H2,17,19). The maximum Gasteiger partial charge on any atom is 0.123 e. The van der Waals surface area contributed by atoms with Crippen molar-refractivity contribution in [3.05, 3.63) is 60.7 Å². The molecule has 0 saturated heterocycles. The second-order valence-electron chi connectivity index (χ2n) is 4.25. The van der Waals surface area contributed by atoms with Gasteiger partial charge in [-0.1, -0.05) is 12.1 Å². The Labute approximate surface area is 116 Å². The number of imidazole rings is 1. The topological polar surface area (TPSA) is 80.5 Å². The van der Waals surface area contributed by atoms with Crippen LogP contribution in [-0.2, 0) is 0 Å². The van der Waals surface area contributed by atoms with E-state index in [4.69, 9.17) is 5.73 Å². The van der Waals surface area contributed by atoms with Crippen molar-refractivity contribution in [2.24, 2.45) is 0 Å². The molecule has 0 unspecified atom stereocenters. The van der Waals surface area contributed by atoms with E-state index in [1.54, 1.807) is 30.9 Å². The molecular weight excluding hydrogens is 250 g/mol. The maximum atomic E-state index is 9.21. The molecule has 0 bridgehead atoms. The average Bonchev–Trinajstić information content (AvgIpc) is 2.96. The van der Waals surface area contributed by atoms with Crippen molar-refractivity contribution >= 4 is 5.82 Å². The van der Waals surface area contributed by atoms with Gasteiger partial charge in [-0.2, -0.15) is 5.26 Å². The van der Waals surface area contributed by atoms with Crippen molar-refractivity contribution in [1.29, 1.82) is 5.26 Å². The lowest BCUT2D eigenvalue weighted by molar-refractivity contribution is 1.06. The van der Waals surface area contributed by atoms with Crippen molar-refractivity contribution in [3.8, 4) is 23.0 Å². The predicted molar refractivity (Wildman–Crippen MR) is 75.9 cm³/mol. The summed E-state index contributed by atoms with van der Waals surface area (Å²) in [6.45, 7) is 0. The Bertz CT molecular complexity index is 798. The summed E-state index contributed by atoms with van der Waals surface area (Å²) in [6.07, 6.45) is 5.07. The monoisotopic (exact) mass is 261 g/mol. The Balaban J connectivity index is 2.19. The second-order valence-corrected chi connectivity index (χ2v) is 4.25. The van der Waals surface area contributed by atoms with Gasteiger partial charge < -0.3 is 5.73 Å². The largest absolute Gasteiger partial charge is 0.384 e. The molecule has 2 heterocycles. The van der Waals surface area contributed by atoms with Crippen LogP contribution in [0.1, 0.15) is 5.56 Å². The first-order chi connectivity index (χ1) is 9.79. The number of benzene rings is 1. The van der Waals surface area contributed by atoms with E-state index in [0.29, 0.717) is 11.4 Å². The van der Waals surface area contributed by atoms with Gasteiger partial charge >= 0.3 is 0 Å². The van der Waals surface area contributed by atoms with E-state index in [-0.39, 0.29) is 0 Å². The Morgan fingerprint density at radius 3 is 2.85 bits per heavy atom. The van der Waals surface area contributed by atoms with E-state index >= 15 is 0 Å². The van der Waals surface area contributed by atoms with Gasteiger partial charge in [0.2, 0.25) is 0 Å². The zero-order valence-corrected chi connectivity index (χ0v) is 10.6. The summed E-state index contributed by atoms with van der Waals surface area (Å²) in [5.74, 6) is 0.448. The van der Waals surface area contributed by atoms with Gasteiger partial charge in [0.05, 0.1) is 29.5 Å². The molecule has 0 aliphatic carbocycles. The van der Waals surface area contributed by atoms with Gasteiger partial charge in [0.25, 0.3) is 0 Å². The lowest BCUT2D eigenvalue weighted by Crippen LogP contribution is -1.99. The fourth-order valence-corrected chi connectivity index (χ4v) is 2.09. The number of rotatable bonds is 2. The van der Waals surface area contributed by atoms with Crippen LogP contribution in [0.2, 0.25) is 0 Å². The van der Waals surface area contributed by atoms with Crippen LogP contribution in [0, 0.1) is 11.3 Å². The molecule has 5 heteroatoms. The normalized spacial score (nSPS) is 10.2. The van der Waals surface area contributed by atoms with Crippen molar-refractivity contribution in [1.82, 2.24) is 14.5 Å². The lowest BCUT2D eigenvalue weighted by atomic mass is 10.1. The summed E-state index contributed by atoms with van der Waals surface area (Å²) in [6, 6.07) is 13.2. The molecule has 0 amide bonds. The van der Waals surface area contributed by atoms with Gasteiger partial charge in [-0.25, -0.2) is 9.97 Å². The molecule has 0 spiro atoms. The lowest BCUT2D eigenvalue weighted by Gasteiger charge is -2.10. The van der Waals surface area contributed by atoms with E-state index < -0.39 is 0 Å². The van der Waals surface area contributed by atoms with E-state index in [2.05, 4.69) is 16.0 Å². The van der Waals surface area contributed by atoms with Crippen LogP contribution in [0.25, 0.3) is 16.9 Å². The molecular formula is C15H11N5. The molecule has 2 aromatic heterocycles. The van der Waals surface area contributed by atoms with Crippen LogP contribution in [-0.4, -0.2) is 14.5 Å². The highest BCUT2D eigenvalue weighted by molar-refractivity contribution is 5.65. The quantitative estimate of drug-likeness (QED) is 0.768. The van der Waals surface area contributed by atoms with Gasteiger partial charge in [-0.3, -0.25) is 4.57 Å². The van der Waals surface area contributed by atoms with E-state index in [0.717, 1.165) is 16.9 Å². The highest BCUT2D eigenvalue weighted by atomic mass is 15.1. The van der Waals surface area contributed by atoms with Crippen molar-refractivity contribution in [2.45, 2.75) is 0 Å². The first kappa shape index (κ1) is 11.9. The molecule has 2 N–H and O–H groups in total. The van der Waals surface area contributed by atoms with Crippen LogP contribution in [0.4, 0.5) is 5.82 Å². The van der Waals surface area contributed by atoms with Crippen LogP contribution in [0.5, 0.6) is 0 Å². The summed E-state index contributed by atoms with van der Waals surface area (Å²) < 4.78 is 1.87. The fraction of sp³-hybridized carbons (Fsp3) is 0. The molecule has 0 aliphatic rings. The summed E-state index contributed by atoms with van der Waals surface area (Å²) in [4.78, 5) is 8.15. The van der Waals surface area contributed by atoms with E-state index in [1.165, 1.54) is 0 Å². The van der Waals surface area contributed by atoms with Crippen LogP contribution in [0.3, 0.4) is 0 Å². The zero-order valence-electron chi connectivity index (χ0n) is 10.6. The molecule has 5 nitrogen and oxygen atoms in total. The van der Waals surface area contributed by atoms with Crippen LogP contribution < -0.4 is 5.73 Å². The predicted octanol–water partition coefficient (Wildman–Crippen LogP) is 2.39. The highest BCUT2D eigenvalue weighted by Crippen LogP contribution is 2.24. The molecule has 1 aromatic carbocycles. The molecule has 3 aromatic rings. The summed E-state index contributed by atoms with van der Waals surface area (Å²) in [5, 5.41) is 9.21. The molecule has 0 radical (unpaired) electrons. The number of aromatic nitrogens is 3. The Morgan fingerprint density at radius 1 is 1.20 bits per heavy atom. The average molecular weight is 261 g/mol. The number of nitrogens with two attached hydrogens (primary N) is 1. The fourth-order valence-electron chi connectivity index (χ4n) is 2.09. The highest BCUT2D eigenvalue weighted by Gasteiger charge is 2.10. The third-order valence-electron chi connectivity index (χ3n) is 3.00. The third kappa shape index (κ3) is 1.99. The Kier molecular flexibility index (Phi) is 2.90. The van der Waals surface area contributed by atoms with Gasteiger partial charge in [0.15, 0.2) is 0 Å². The summed E-state index contributed by atoms with van der Waals surface area (Å²) in [7, 11) is 0. The van der Waals surface area contributed by atoms with E-state index in [1.807, 2.05) is 28.8 Å². The van der Waals surface area contributed by atoms with Crippen molar-refractivity contribution in [3.63, 3.8) is 0 Å². The number of hydrogen-bond acceptors (Lipinski definition) is 4. The Morgan fingerprint density at radius 2 is 2.05 bits per heavy atom. The van der Waals surface area contributed by atoms with Crippen molar-refractivity contribution in [2.75, 3.05) is 5.73 Å². The number of para-hydroxylation sites is 1. The van der Waals surface area contributed by atoms with Crippen LogP contribution in [0.15, 0.2) is 55.1 Å². The number of nitriles is 1. The second kappa shape index (κ2) is 4.86. The molecule has 0 atom stereocenters. The number of anilines is 1. The number of nitrogens with zero attached hydrogens (tertiary/aromatic N) is 4. The SMILES string of the molecule is N#Cc1ccccc1-n1cncc1-c1ccnc(N)c1. The molecule has 96 valence electrons. The molecule has 0 aliphatic heterocycles. The van der Waals surface area contributed by atoms with Crippen LogP contribution >= 0.6 is 0 Å². The first-order valence-electron chi connectivity index (χ1n) is 6.03. The smallest absolute Gasteiger partial charge is 0.123 e. The maximum absolute atomic E-state index is 9.21. The molecule has 20 heavy (non-hydrogen) atoms. The molecule has 3 rings (SSSR count). The minimum absolute atomic E-state index is 0.448. The van der Waals surface area contributed by atoms with Gasteiger partial charge in [-0.05, 0) is 24.3 Å². The number of pyridine rings is 1. The summed E-state index contributed by atoms with van der Waals surface area (Å²) in [5.41, 5.74) is 8.87. The number of nitrogen functional groups attached to an aromatic ring is 1. The van der Waals surface area contributed by atoms with E-state index in [9.17, 15) is 5.26 Å². The number of hydrogen-bond donors (Lipinski definition) is 1. The zero-order chi connectivity index (χ0) is 13.9. The van der Waals surface area contributed by atoms with Gasteiger partial charge in [0, 0.05) is 11.8 Å². The first-order valence-corrected chi connectivity index (χ1v) is 6.03.